The van der Waals surface area contributed by atoms with Crippen molar-refractivity contribution in [1.29, 1.82) is 0 Å². The number of likely N-dealkylation sites (N-methyl/N-ethyl adjacent to an activating group) is 1. The van der Waals surface area contributed by atoms with Crippen LogP contribution in [0.2, 0.25) is 0 Å². The zero-order valence-electron chi connectivity index (χ0n) is 17.8. The van der Waals surface area contributed by atoms with E-state index in [2.05, 4.69) is 5.32 Å². The average molecular weight is 436 g/mol. The van der Waals surface area contributed by atoms with E-state index in [1.807, 2.05) is 11.9 Å². The quantitative estimate of drug-likeness (QED) is 0.683. The van der Waals surface area contributed by atoms with Gasteiger partial charge in [-0.15, -0.1) is 0 Å². The summed E-state index contributed by atoms with van der Waals surface area (Å²) < 4.78 is 23.0. The van der Waals surface area contributed by atoms with E-state index >= 15 is 0 Å². The standard InChI is InChI=1S/C22H33N3O4S/c1-25(19-7-4-8-19)22(27)20(23)16-9-11-17(12-10-16)21(26)24-18-6-3-5-15(13-18)14-30(2,28)29/h3,5-6,13,16-17,19-20H,4,7-12,14,23H2,1-2H3,(H,24,26)/t16?,17?,20-/m0/s1. The fraction of sp³-hybridized carbons (Fsp3) is 0.636. The molecule has 0 aromatic heterocycles. The Morgan fingerprint density at radius 1 is 1.17 bits per heavy atom. The summed E-state index contributed by atoms with van der Waals surface area (Å²) in [6.07, 6.45) is 7.42. The highest BCUT2D eigenvalue weighted by Gasteiger charge is 2.35. The van der Waals surface area contributed by atoms with Gasteiger partial charge in [0.15, 0.2) is 9.84 Å². The van der Waals surface area contributed by atoms with E-state index in [1.54, 1.807) is 24.3 Å². The number of anilines is 1. The molecule has 1 atom stereocenters. The first kappa shape index (κ1) is 22.7. The van der Waals surface area contributed by atoms with Crippen LogP contribution >= 0.6 is 0 Å². The molecule has 0 aliphatic heterocycles. The Bertz CT molecular complexity index is 874. The predicted octanol–water partition coefficient (Wildman–Crippen LogP) is 2.31. The summed E-state index contributed by atoms with van der Waals surface area (Å²) in [5.74, 6) is -0.0939. The molecule has 2 aliphatic carbocycles. The van der Waals surface area contributed by atoms with Gasteiger partial charge in [0.25, 0.3) is 0 Å². The number of nitrogens with one attached hydrogen (secondary N) is 1. The highest BCUT2D eigenvalue weighted by molar-refractivity contribution is 7.89. The number of amides is 2. The molecule has 1 aromatic rings. The van der Waals surface area contributed by atoms with Crippen molar-refractivity contribution < 1.29 is 18.0 Å². The number of rotatable bonds is 7. The Morgan fingerprint density at radius 3 is 2.40 bits per heavy atom. The minimum absolute atomic E-state index is 0.0234. The van der Waals surface area contributed by atoms with Crippen molar-refractivity contribution in [1.82, 2.24) is 4.90 Å². The lowest BCUT2D eigenvalue weighted by Crippen LogP contribution is -2.52. The maximum absolute atomic E-state index is 12.7. The van der Waals surface area contributed by atoms with Gasteiger partial charge in [0.2, 0.25) is 11.8 Å². The largest absolute Gasteiger partial charge is 0.341 e. The molecule has 166 valence electrons. The van der Waals surface area contributed by atoms with Crippen molar-refractivity contribution in [3.8, 4) is 0 Å². The van der Waals surface area contributed by atoms with Crippen LogP contribution in [0.3, 0.4) is 0 Å². The molecular weight excluding hydrogens is 402 g/mol. The third-order valence-electron chi connectivity index (χ3n) is 6.53. The lowest BCUT2D eigenvalue weighted by Gasteiger charge is -2.38. The van der Waals surface area contributed by atoms with Gasteiger partial charge >= 0.3 is 0 Å². The van der Waals surface area contributed by atoms with Gasteiger partial charge in [-0.05, 0) is 68.6 Å². The molecule has 3 rings (SSSR count). The molecule has 30 heavy (non-hydrogen) atoms. The molecular formula is C22H33N3O4S. The summed E-state index contributed by atoms with van der Waals surface area (Å²) in [4.78, 5) is 27.1. The first-order valence-electron chi connectivity index (χ1n) is 10.7. The van der Waals surface area contributed by atoms with E-state index in [4.69, 9.17) is 5.73 Å². The minimum Gasteiger partial charge on any atom is -0.341 e. The number of carbonyl (C=O) groups excluding carboxylic acids is 2. The average Bonchev–Trinajstić information content (AvgIpc) is 2.64. The summed E-state index contributed by atoms with van der Waals surface area (Å²) in [5, 5.41) is 2.91. The Morgan fingerprint density at radius 2 is 1.83 bits per heavy atom. The van der Waals surface area contributed by atoms with Crippen LogP contribution in [0.5, 0.6) is 0 Å². The summed E-state index contributed by atoms with van der Waals surface area (Å²) >= 11 is 0. The predicted molar refractivity (Wildman–Crippen MR) is 117 cm³/mol. The number of nitrogens with zero attached hydrogens (tertiary/aromatic N) is 1. The van der Waals surface area contributed by atoms with Crippen molar-refractivity contribution in [2.45, 2.75) is 62.8 Å². The molecule has 0 spiro atoms. The van der Waals surface area contributed by atoms with Crippen molar-refractivity contribution in [3.63, 3.8) is 0 Å². The van der Waals surface area contributed by atoms with E-state index in [-0.39, 0.29) is 29.4 Å². The van der Waals surface area contributed by atoms with Gasteiger partial charge in [-0.3, -0.25) is 9.59 Å². The van der Waals surface area contributed by atoms with Crippen LogP contribution in [0.4, 0.5) is 5.69 Å². The number of sulfone groups is 1. The van der Waals surface area contributed by atoms with Crippen LogP contribution in [-0.2, 0) is 25.2 Å². The normalized spacial score (nSPS) is 23.3. The van der Waals surface area contributed by atoms with Gasteiger partial charge in [-0.2, -0.15) is 0 Å². The molecule has 2 fully saturated rings. The smallest absolute Gasteiger partial charge is 0.239 e. The van der Waals surface area contributed by atoms with Crippen molar-refractivity contribution in [2.75, 3.05) is 18.6 Å². The molecule has 3 N–H and O–H groups in total. The van der Waals surface area contributed by atoms with Gasteiger partial charge in [0, 0.05) is 31.0 Å². The van der Waals surface area contributed by atoms with Crippen LogP contribution in [0.15, 0.2) is 24.3 Å². The number of carbonyl (C=O) groups is 2. The van der Waals surface area contributed by atoms with Crippen LogP contribution in [0.1, 0.15) is 50.5 Å². The summed E-state index contributed by atoms with van der Waals surface area (Å²) in [7, 11) is -1.28. The maximum atomic E-state index is 12.7. The lowest BCUT2D eigenvalue weighted by molar-refractivity contribution is -0.136. The van der Waals surface area contributed by atoms with E-state index in [1.165, 1.54) is 12.7 Å². The number of benzene rings is 1. The number of hydrogen-bond acceptors (Lipinski definition) is 5. The van der Waals surface area contributed by atoms with Crippen molar-refractivity contribution in [3.05, 3.63) is 29.8 Å². The van der Waals surface area contributed by atoms with Crippen LogP contribution in [-0.4, -0.2) is 50.5 Å². The second kappa shape index (κ2) is 9.47. The monoisotopic (exact) mass is 435 g/mol. The van der Waals surface area contributed by atoms with Gasteiger partial charge in [0.05, 0.1) is 11.8 Å². The molecule has 8 heteroatoms. The first-order chi connectivity index (χ1) is 14.1. The van der Waals surface area contributed by atoms with E-state index in [0.29, 0.717) is 30.1 Å². The number of nitrogens with two attached hydrogens (primary N) is 1. The van der Waals surface area contributed by atoms with E-state index < -0.39 is 15.9 Å². The summed E-state index contributed by atoms with van der Waals surface area (Å²) in [6, 6.07) is 6.80. The Labute approximate surface area is 179 Å². The minimum atomic E-state index is -3.13. The second-order valence-corrected chi connectivity index (χ2v) is 11.1. The van der Waals surface area contributed by atoms with E-state index in [9.17, 15) is 18.0 Å². The zero-order valence-corrected chi connectivity index (χ0v) is 18.7. The molecule has 7 nitrogen and oxygen atoms in total. The lowest BCUT2D eigenvalue weighted by atomic mass is 9.77. The Balaban J connectivity index is 1.50. The fourth-order valence-electron chi connectivity index (χ4n) is 4.42. The highest BCUT2D eigenvalue weighted by atomic mass is 32.2. The van der Waals surface area contributed by atoms with Crippen LogP contribution in [0.25, 0.3) is 0 Å². The number of hydrogen-bond donors (Lipinski definition) is 2. The van der Waals surface area contributed by atoms with Gasteiger partial charge in [0.1, 0.15) is 0 Å². The van der Waals surface area contributed by atoms with E-state index in [0.717, 1.165) is 25.7 Å². The van der Waals surface area contributed by atoms with Crippen molar-refractivity contribution in [2.24, 2.45) is 17.6 Å². The highest BCUT2D eigenvalue weighted by Crippen LogP contribution is 2.33. The Hall–Kier alpha value is -1.93. The molecule has 0 bridgehead atoms. The molecule has 0 radical (unpaired) electrons. The Kier molecular flexibility index (Phi) is 7.18. The van der Waals surface area contributed by atoms with Gasteiger partial charge in [-0.1, -0.05) is 12.1 Å². The van der Waals surface area contributed by atoms with Crippen LogP contribution < -0.4 is 11.1 Å². The molecule has 2 amide bonds. The molecule has 2 aliphatic rings. The van der Waals surface area contributed by atoms with Gasteiger partial charge in [-0.25, -0.2) is 8.42 Å². The molecule has 0 saturated heterocycles. The topological polar surface area (TPSA) is 110 Å². The van der Waals surface area contributed by atoms with Crippen molar-refractivity contribution >= 4 is 27.3 Å². The molecule has 0 heterocycles. The fourth-order valence-corrected chi connectivity index (χ4v) is 5.20. The summed E-state index contributed by atoms with van der Waals surface area (Å²) in [5.41, 5.74) is 7.54. The van der Waals surface area contributed by atoms with Crippen LogP contribution in [0, 0.1) is 11.8 Å². The molecule has 0 unspecified atom stereocenters. The zero-order chi connectivity index (χ0) is 21.9. The van der Waals surface area contributed by atoms with Gasteiger partial charge < -0.3 is 16.0 Å². The third-order valence-corrected chi connectivity index (χ3v) is 7.39. The maximum Gasteiger partial charge on any atom is 0.239 e. The second-order valence-electron chi connectivity index (χ2n) is 8.93. The summed E-state index contributed by atoms with van der Waals surface area (Å²) in [6.45, 7) is 0. The SMILES string of the molecule is CN(C(=O)[C@@H](N)C1CCC(C(=O)Nc2cccc(CS(C)(=O)=O)c2)CC1)C1CCC1. The first-order valence-corrected chi connectivity index (χ1v) is 12.8. The molecule has 1 aromatic carbocycles. The molecule has 2 saturated carbocycles. The third kappa shape index (κ3) is 5.82.